The van der Waals surface area contributed by atoms with Gasteiger partial charge in [-0.2, -0.15) is 0 Å². The molecule has 0 saturated heterocycles. The molecule has 0 bridgehead atoms. The Morgan fingerprint density at radius 2 is 2.38 bits per heavy atom. The van der Waals surface area contributed by atoms with Crippen LogP contribution >= 0.6 is 0 Å². The molecule has 0 saturated carbocycles. The molecule has 13 heavy (non-hydrogen) atoms. The van der Waals surface area contributed by atoms with Crippen LogP contribution in [0.4, 0.5) is 0 Å². The number of carboxylic acids is 1. The molecule has 0 atom stereocenters. The third-order valence-corrected chi connectivity index (χ3v) is 1.15. The van der Waals surface area contributed by atoms with Crippen molar-refractivity contribution in [2.24, 2.45) is 0 Å². The van der Waals surface area contributed by atoms with Crippen LogP contribution < -0.4 is 4.74 Å². The highest BCUT2D eigenvalue weighted by molar-refractivity contribution is 5.84. The Balaban J connectivity index is 2.71. The van der Waals surface area contributed by atoms with Gasteiger partial charge in [0.2, 0.25) is 5.88 Å². The number of carboxylic acid groups (broad SMARTS) is 1. The van der Waals surface area contributed by atoms with Crippen LogP contribution in [0.15, 0.2) is 12.4 Å². The molecule has 0 fully saturated rings. The number of hydrogen-bond acceptors (Lipinski definition) is 4. The summed E-state index contributed by atoms with van der Waals surface area (Å²) in [4.78, 5) is 17.6. The van der Waals surface area contributed by atoms with Crippen molar-refractivity contribution in [3.8, 4) is 18.2 Å². The second kappa shape index (κ2) is 4.07. The highest BCUT2D eigenvalue weighted by atomic mass is 16.5. The number of hydrogen-bond donors (Lipinski definition) is 1. The molecular formula is C8H6N2O3. The Labute approximate surface area is 74.4 Å². The third-order valence-electron chi connectivity index (χ3n) is 1.15. The van der Waals surface area contributed by atoms with E-state index in [0.717, 1.165) is 6.20 Å². The van der Waals surface area contributed by atoms with Crippen LogP contribution in [-0.4, -0.2) is 27.7 Å². The average molecular weight is 178 g/mol. The van der Waals surface area contributed by atoms with Gasteiger partial charge in [0.25, 0.3) is 0 Å². The van der Waals surface area contributed by atoms with Gasteiger partial charge in [0, 0.05) is 0 Å². The first-order valence-electron chi connectivity index (χ1n) is 3.35. The molecule has 0 aliphatic carbocycles. The van der Waals surface area contributed by atoms with Gasteiger partial charge < -0.3 is 9.84 Å². The summed E-state index contributed by atoms with van der Waals surface area (Å²) in [5, 5.41) is 8.48. The summed E-state index contributed by atoms with van der Waals surface area (Å²) in [5.74, 6) is 1.33. The van der Waals surface area contributed by atoms with Crippen molar-refractivity contribution in [2.45, 2.75) is 0 Å². The van der Waals surface area contributed by atoms with Crippen molar-refractivity contribution in [3.63, 3.8) is 0 Å². The summed E-state index contributed by atoms with van der Waals surface area (Å²) in [6.45, 7) is 0.0844. The van der Waals surface area contributed by atoms with Gasteiger partial charge in [-0.25, -0.2) is 14.8 Å². The lowest BCUT2D eigenvalue weighted by Crippen LogP contribution is -2.02. The van der Waals surface area contributed by atoms with Gasteiger partial charge >= 0.3 is 5.97 Å². The number of ether oxygens (including phenoxy) is 1. The number of nitrogens with zero attached hydrogens (tertiary/aromatic N) is 2. The smallest absolute Gasteiger partial charge is 0.356 e. The maximum Gasteiger partial charge on any atom is 0.356 e. The minimum Gasteiger partial charge on any atom is -0.476 e. The van der Waals surface area contributed by atoms with Crippen molar-refractivity contribution >= 4 is 5.97 Å². The minimum atomic E-state index is -1.13. The Morgan fingerprint density at radius 1 is 1.62 bits per heavy atom. The topological polar surface area (TPSA) is 72.3 Å². The monoisotopic (exact) mass is 178 g/mol. The highest BCUT2D eigenvalue weighted by Crippen LogP contribution is 2.03. The second-order valence-corrected chi connectivity index (χ2v) is 2.04. The zero-order valence-corrected chi connectivity index (χ0v) is 6.60. The van der Waals surface area contributed by atoms with Crippen LogP contribution in [-0.2, 0) is 0 Å². The lowest BCUT2D eigenvalue weighted by atomic mass is 10.5. The molecule has 1 aromatic rings. The molecule has 1 aromatic heterocycles. The Hall–Kier alpha value is -2.09. The quantitative estimate of drug-likeness (QED) is 0.668. The standard InChI is InChI=1S/C8H6N2O3/c1-2-3-13-7-5-9-6(4-10-7)8(11)12/h1,4-5H,3H2,(H,11,12). The van der Waals surface area contributed by atoms with E-state index in [0.29, 0.717) is 0 Å². The fraction of sp³-hybridized carbons (Fsp3) is 0.125. The van der Waals surface area contributed by atoms with E-state index in [-0.39, 0.29) is 18.2 Å². The Morgan fingerprint density at radius 3 is 2.85 bits per heavy atom. The first kappa shape index (κ1) is 9.00. The maximum atomic E-state index is 10.4. The molecular weight excluding hydrogens is 172 g/mol. The zero-order valence-electron chi connectivity index (χ0n) is 6.60. The van der Waals surface area contributed by atoms with E-state index in [1.165, 1.54) is 6.20 Å². The van der Waals surface area contributed by atoms with E-state index in [2.05, 4.69) is 15.9 Å². The largest absolute Gasteiger partial charge is 0.476 e. The van der Waals surface area contributed by atoms with Gasteiger partial charge in [-0.15, -0.1) is 6.42 Å². The molecule has 0 aliphatic rings. The fourth-order valence-corrected chi connectivity index (χ4v) is 0.617. The van der Waals surface area contributed by atoms with Crippen LogP contribution in [0.3, 0.4) is 0 Å². The van der Waals surface area contributed by atoms with E-state index >= 15 is 0 Å². The van der Waals surface area contributed by atoms with Gasteiger partial charge in [0.05, 0.1) is 12.4 Å². The number of aromatic carboxylic acids is 1. The van der Waals surface area contributed by atoms with E-state index < -0.39 is 5.97 Å². The lowest BCUT2D eigenvalue weighted by Gasteiger charge is -1.99. The molecule has 5 nitrogen and oxygen atoms in total. The molecule has 0 radical (unpaired) electrons. The Kier molecular flexibility index (Phi) is 2.82. The summed E-state index contributed by atoms with van der Waals surface area (Å²) >= 11 is 0. The molecule has 5 heteroatoms. The second-order valence-electron chi connectivity index (χ2n) is 2.04. The van der Waals surface area contributed by atoms with Gasteiger partial charge in [-0.05, 0) is 0 Å². The van der Waals surface area contributed by atoms with Crippen molar-refractivity contribution in [3.05, 3.63) is 18.1 Å². The summed E-state index contributed by atoms with van der Waals surface area (Å²) in [5.41, 5.74) is -0.131. The van der Waals surface area contributed by atoms with Gasteiger partial charge in [-0.3, -0.25) is 0 Å². The van der Waals surface area contributed by atoms with Crippen LogP contribution in [0.25, 0.3) is 0 Å². The van der Waals surface area contributed by atoms with E-state index in [9.17, 15) is 4.79 Å². The molecule has 1 N–H and O–H groups in total. The van der Waals surface area contributed by atoms with Gasteiger partial charge in [-0.1, -0.05) is 5.92 Å². The average Bonchev–Trinajstić information content (AvgIpc) is 2.15. The minimum absolute atomic E-state index is 0.0844. The number of aromatic nitrogens is 2. The van der Waals surface area contributed by atoms with Gasteiger partial charge in [0.1, 0.15) is 0 Å². The Bertz CT molecular complexity index is 339. The van der Waals surface area contributed by atoms with Gasteiger partial charge in [0.15, 0.2) is 12.3 Å². The predicted octanol–water partition coefficient (Wildman–Crippen LogP) is 0.187. The van der Waals surface area contributed by atoms with E-state index in [4.69, 9.17) is 16.3 Å². The van der Waals surface area contributed by atoms with Crippen molar-refractivity contribution < 1.29 is 14.6 Å². The first-order chi connectivity index (χ1) is 6.24. The van der Waals surface area contributed by atoms with Crippen LogP contribution in [0.1, 0.15) is 10.5 Å². The van der Waals surface area contributed by atoms with Crippen molar-refractivity contribution in [1.82, 2.24) is 9.97 Å². The fourth-order valence-electron chi connectivity index (χ4n) is 0.617. The number of terminal acetylenes is 1. The van der Waals surface area contributed by atoms with Crippen LogP contribution in [0.2, 0.25) is 0 Å². The lowest BCUT2D eigenvalue weighted by molar-refractivity contribution is 0.0690. The molecule has 0 spiro atoms. The number of rotatable bonds is 3. The van der Waals surface area contributed by atoms with E-state index in [1.807, 2.05) is 0 Å². The SMILES string of the molecule is C#CCOc1cnc(C(=O)O)cn1. The molecule has 66 valence electrons. The molecule has 0 unspecified atom stereocenters. The van der Waals surface area contributed by atoms with E-state index in [1.54, 1.807) is 0 Å². The molecule has 1 rings (SSSR count). The molecule has 0 amide bonds. The number of carbonyl (C=O) groups is 1. The summed E-state index contributed by atoms with van der Waals surface area (Å²) in [6, 6.07) is 0. The van der Waals surface area contributed by atoms with Crippen molar-refractivity contribution in [1.29, 1.82) is 0 Å². The molecule has 1 heterocycles. The molecule has 0 aliphatic heterocycles. The predicted molar refractivity (Wildman–Crippen MR) is 43.3 cm³/mol. The van der Waals surface area contributed by atoms with Crippen molar-refractivity contribution in [2.75, 3.05) is 6.61 Å². The third kappa shape index (κ3) is 2.45. The molecule has 0 aromatic carbocycles. The summed E-state index contributed by atoms with van der Waals surface area (Å²) < 4.78 is 4.89. The normalized spacial score (nSPS) is 8.85. The highest BCUT2D eigenvalue weighted by Gasteiger charge is 2.04. The van der Waals surface area contributed by atoms with Crippen LogP contribution in [0.5, 0.6) is 5.88 Å². The summed E-state index contributed by atoms with van der Waals surface area (Å²) in [7, 11) is 0. The summed E-state index contributed by atoms with van der Waals surface area (Å²) in [6.07, 6.45) is 7.25. The first-order valence-corrected chi connectivity index (χ1v) is 3.35. The van der Waals surface area contributed by atoms with Crippen LogP contribution in [0, 0.1) is 12.3 Å². The maximum absolute atomic E-state index is 10.4. The zero-order chi connectivity index (χ0) is 9.68.